The van der Waals surface area contributed by atoms with Crippen LogP contribution in [0.15, 0.2) is 48.5 Å². The highest BCUT2D eigenvalue weighted by Crippen LogP contribution is 2.18. The lowest BCUT2D eigenvalue weighted by molar-refractivity contribution is 0.0791. The lowest BCUT2D eigenvalue weighted by atomic mass is 10.0. The molecule has 0 spiro atoms. The van der Waals surface area contributed by atoms with Crippen LogP contribution in [0.1, 0.15) is 29.5 Å². The Morgan fingerprint density at radius 2 is 1.71 bits per heavy atom. The highest BCUT2D eigenvalue weighted by atomic mass is 16.3. The van der Waals surface area contributed by atoms with Gasteiger partial charge in [0.25, 0.3) is 0 Å². The second kappa shape index (κ2) is 7.96. The summed E-state index contributed by atoms with van der Waals surface area (Å²) in [5.41, 5.74) is 4.31. The van der Waals surface area contributed by atoms with E-state index in [9.17, 15) is 5.11 Å². The first-order valence-corrected chi connectivity index (χ1v) is 8.46. The minimum absolute atomic E-state index is 0.130. The molecule has 2 N–H and O–H groups in total. The number of nitriles is 1. The topological polar surface area (TPSA) is 59.3 Å². The van der Waals surface area contributed by atoms with Crippen LogP contribution in [0.2, 0.25) is 0 Å². The number of likely N-dealkylation sites (tertiary alicyclic amines) is 1. The van der Waals surface area contributed by atoms with Crippen LogP contribution >= 0.6 is 0 Å². The molecule has 1 heterocycles. The maximum atomic E-state index is 9.64. The van der Waals surface area contributed by atoms with Crippen LogP contribution in [0.5, 0.6) is 0 Å². The van der Waals surface area contributed by atoms with Gasteiger partial charge in [-0.25, -0.2) is 0 Å². The van der Waals surface area contributed by atoms with E-state index in [1.165, 1.54) is 11.1 Å². The average molecular weight is 321 g/mol. The minimum Gasteiger partial charge on any atom is -0.393 e. The fourth-order valence-corrected chi connectivity index (χ4v) is 3.06. The van der Waals surface area contributed by atoms with Crippen LogP contribution in [-0.4, -0.2) is 29.2 Å². The van der Waals surface area contributed by atoms with Gasteiger partial charge in [0.05, 0.1) is 17.7 Å². The molecule has 1 aliphatic rings. The largest absolute Gasteiger partial charge is 0.393 e. The summed E-state index contributed by atoms with van der Waals surface area (Å²) in [6, 6.07) is 18.2. The van der Waals surface area contributed by atoms with Gasteiger partial charge in [0, 0.05) is 31.9 Å². The van der Waals surface area contributed by atoms with Crippen molar-refractivity contribution in [3.63, 3.8) is 0 Å². The second-order valence-electron chi connectivity index (χ2n) is 6.32. The molecule has 2 aromatic rings. The van der Waals surface area contributed by atoms with E-state index in [1.807, 2.05) is 24.3 Å². The zero-order chi connectivity index (χ0) is 16.8. The number of aliphatic hydroxyl groups excluding tert-OH is 1. The predicted octanol–water partition coefficient (Wildman–Crippen LogP) is 3.13. The van der Waals surface area contributed by atoms with Crippen LogP contribution in [-0.2, 0) is 13.1 Å². The fraction of sp³-hybridized carbons (Fsp3) is 0.350. The van der Waals surface area contributed by atoms with Gasteiger partial charge < -0.3 is 10.4 Å². The highest BCUT2D eigenvalue weighted by Gasteiger charge is 2.17. The Morgan fingerprint density at radius 3 is 2.38 bits per heavy atom. The van der Waals surface area contributed by atoms with E-state index in [0.29, 0.717) is 5.56 Å². The highest BCUT2D eigenvalue weighted by molar-refractivity contribution is 5.48. The minimum atomic E-state index is -0.130. The van der Waals surface area contributed by atoms with Crippen molar-refractivity contribution >= 4 is 5.69 Å². The number of aliphatic hydroxyl groups is 1. The Balaban J connectivity index is 1.62. The smallest absolute Gasteiger partial charge is 0.0991 e. The zero-order valence-corrected chi connectivity index (χ0v) is 13.8. The third-order valence-corrected chi connectivity index (χ3v) is 4.57. The maximum absolute atomic E-state index is 9.64. The molecular weight excluding hydrogens is 298 g/mol. The van der Waals surface area contributed by atoms with Gasteiger partial charge >= 0.3 is 0 Å². The molecule has 4 nitrogen and oxygen atoms in total. The van der Waals surface area contributed by atoms with E-state index < -0.39 is 0 Å². The van der Waals surface area contributed by atoms with E-state index in [4.69, 9.17) is 5.26 Å². The predicted molar refractivity (Wildman–Crippen MR) is 95.4 cm³/mol. The SMILES string of the molecule is N#Cc1ccc(NCc2ccccc2CN2CCC(O)CC2)cc1. The van der Waals surface area contributed by atoms with Crippen molar-refractivity contribution in [2.45, 2.75) is 32.0 Å². The van der Waals surface area contributed by atoms with Crippen molar-refractivity contribution in [1.29, 1.82) is 5.26 Å². The van der Waals surface area contributed by atoms with Crippen LogP contribution in [0, 0.1) is 11.3 Å². The normalized spacial score (nSPS) is 15.8. The first kappa shape index (κ1) is 16.5. The number of nitrogens with one attached hydrogen (secondary N) is 1. The molecule has 4 heteroatoms. The number of hydrogen-bond donors (Lipinski definition) is 2. The monoisotopic (exact) mass is 321 g/mol. The standard InChI is InChI=1S/C20H23N3O/c21-13-16-5-7-19(8-6-16)22-14-17-3-1-2-4-18(17)15-23-11-9-20(24)10-12-23/h1-8,20,22,24H,9-12,14-15H2. The summed E-state index contributed by atoms with van der Waals surface area (Å²) in [6.45, 7) is 3.60. The van der Waals surface area contributed by atoms with Crippen molar-refractivity contribution in [3.8, 4) is 6.07 Å². The van der Waals surface area contributed by atoms with Gasteiger partial charge in [0.2, 0.25) is 0 Å². The van der Waals surface area contributed by atoms with Crippen LogP contribution in [0.25, 0.3) is 0 Å². The quantitative estimate of drug-likeness (QED) is 0.888. The van der Waals surface area contributed by atoms with Crippen molar-refractivity contribution in [3.05, 3.63) is 65.2 Å². The molecule has 0 radical (unpaired) electrons. The van der Waals surface area contributed by atoms with E-state index in [0.717, 1.165) is 44.7 Å². The Kier molecular flexibility index (Phi) is 5.47. The van der Waals surface area contributed by atoms with Crippen molar-refractivity contribution in [2.75, 3.05) is 18.4 Å². The number of benzene rings is 2. The first-order valence-electron chi connectivity index (χ1n) is 8.46. The average Bonchev–Trinajstić information content (AvgIpc) is 2.63. The fourth-order valence-electron chi connectivity index (χ4n) is 3.06. The first-order chi connectivity index (χ1) is 11.7. The third kappa shape index (κ3) is 4.35. The molecule has 0 amide bonds. The number of nitrogens with zero attached hydrogens (tertiary/aromatic N) is 2. The second-order valence-corrected chi connectivity index (χ2v) is 6.32. The lowest BCUT2D eigenvalue weighted by Crippen LogP contribution is -2.35. The third-order valence-electron chi connectivity index (χ3n) is 4.57. The maximum Gasteiger partial charge on any atom is 0.0991 e. The summed E-state index contributed by atoms with van der Waals surface area (Å²) in [6.07, 6.45) is 1.60. The molecule has 0 aromatic heterocycles. The van der Waals surface area contributed by atoms with E-state index in [1.54, 1.807) is 0 Å². The number of anilines is 1. The Bertz CT molecular complexity index is 698. The molecule has 3 rings (SSSR count). The van der Waals surface area contributed by atoms with Crippen molar-refractivity contribution in [2.24, 2.45) is 0 Å². The number of hydrogen-bond acceptors (Lipinski definition) is 4. The molecule has 1 fully saturated rings. The molecule has 0 unspecified atom stereocenters. The molecule has 0 aliphatic carbocycles. The summed E-state index contributed by atoms with van der Waals surface area (Å²) >= 11 is 0. The summed E-state index contributed by atoms with van der Waals surface area (Å²) in [4.78, 5) is 2.41. The van der Waals surface area contributed by atoms with Gasteiger partial charge in [-0.3, -0.25) is 4.90 Å². The summed E-state index contributed by atoms with van der Waals surface area (Å²) in [5.74, 6) is 0. The molecule has 1 saturated heterocycles. The number of piperidine rings is 1. The zero-order valence-electron chi connectivity index (χ0n) is 13.8. The van der Waals surface area contributed by atoms with Crippen molar-refractivity contribution < 1.29 is 5.11 Å². The van der Waals surface area contributed by atoms with E-state index in [2.05, 4.69) is 40.6 Å². The number of rotatable bonds is 5. The molecule has 0 saturated carbocycles. The molecule has 1 aliphatic heterocycles. The molecular formula is C20H23N3O. The van der Waals surface area contributed by atoms with Gasteiger partial charge in [-0.15, -0.1) is 0 Å². The van der Waals surface area contributed by atoms with Gasteiger partial charge in [0.15, 0.2) is 0 Å². The van der Waals surface area contributed by atoms with Gasteiger partial charge in [0.1, 0.15) is 0 Å². The summed E-state index contributed by atoms with van der Waals surface area (Å²) in [7, 11) is 0. The molecule has 24 heavy (non-hydrogen) atoms. The Morgan fingerprint density at radius 1 is 1.04 bits per heavy atom. The summed E-state index contributed by atoms with van der Waals surface area (Å²) < 4.78 is 0. The molecule has 0 bridgehead atoms. The Labute approximate surface area is 143 Å². The molecule has 124 valence electrons. The van der Waals surface area contributed by atoms with Crippen LogP contribution in [0.3, 0.4) is 0 Å². The summed E-state index contributed by atoms with van der Waals surface area (Å²) in [5, 5.41) is 21.9. The lowest BCUT2D eigenvalue weighted by Gasteiger charge is -2.30. The van der Waals surface area contributed by atoms with Gasteiger partial charge in [-0.1, -0.05) is 24.3 Å². The van der Waals surface area contributed by atoms with Crippen molar-refractivity contribution in [1.82, 2.24) is 4.90 Å². The van der Waals surface area contributed by atoms with Crippen LogP contribution < -0.4 is 5.32 Å². The van der Waals surface area contributed by atoms with Gasteiger partial charge in [-0.2, -0.15) is 5.26 Å². The molecule has 2 aromatic carbocycles. The van der Waals surface area contributed by atoms with Crippen LogP contribution in [0.4, 0.5) is 5.69 Å². The van der Waals surface area contributed by atoms with E-state index in [-0.39, 0.29) is 6.10 Å². The van der Waals surface area contributed by atoms with Gasteiger partial charge in [-0.05, 0) is 48.2 Å². The van der Waals surface area contributed by atoms with E-state index >= 15 is 0 Å². The molecule has 0 atom stereocenters. The Hall–Kier alpha value is -2.35.